The quantitative estimate of drug-likeness (QED) is 0.504. The standard InChI is InChI=1S/C6H11FN2O2/c1-3-9-5(10)4(8)6(2,7)11-3/h3-4H,8H2,1-2H3,(H,9,10). The van der Waals surface area contributed by atoms with Gasteiger partial charge in [-0.15, -0.1) is 0 Å². The summed E-state index contributed by atoms with van der Waals surface area (Å²) in [5, 5.41) is 2.36. The van der Waals surface area contributed by atoms with Gasteiger partial charge in [-0.1, -0.05) is 0 Å². The maximum Gasteiger partial charge on any atom is 0.244 e. The van der Waals surface area contributed by atoms with E-state index in [-0.39, 0.29) is 0 Å². The van der Waals surface area contributed by atoms with E-state index in [2.05, 4.69) is 5.32 Å². The fourth-order valence-electron chi connectivity index (χ4n) is 0.973. The number of nitrogens with two attached hydrogens (primary N) is 1. The Labute approximate surface area is 63.9 Å². The van der Waals surface area contributed by atoms with Crippen LogP contribution in [0.5, 0.6) is 0 Å². The number of halogens is 1. The zero-order valence-electron chi connectivity index (χ0n) is 6.43. The van der Waals surface area contributed by atoms with Gasteiger partial charge in [0.05, 0.1) is 0 Å². The van der Waals surface area contributed by atoms with Crippen LogP contribution in [0.15, 0.2) is 0 Å². The van der Waals surface area contributed by atoms with Crippen molar-refractivity contribution in [1.82, 2.24) is 5.32 Å². The smallest absolute Gasteiger partial charge is 0.244 e. The van der Waals surface area contributed by atoms with Crippen LogP contribution in [-0.4, -0.2) is 24.0 Å². The molecule has 3 atom stereocenters. The zero-order valence-corrected chi connectivity index (χ0v) is 6.43. The Morgan fingerprint density at radius 2 is 2.36 bits per heavy atom. The SMILES string of the molecule is CC1NC(=O)C(N)C(C)(F)O1. The largest absolute Gasteiger partial charge is 0.329 e. The van der Waals surface area contributed by atoms with Crippen molar-refractivity contribution < 1.29 is 13.9 Å². The van der Waals surface area contributed by atoms with Gasteiger partial charge in [-0.2, -0.15) is 0 Å². The van der Waals surface area contributed by atoms with Gasteiger partial charge in [0.15, 0.2) is 0 Å². The lowest BCUT2D eigenvalue weighted by molar-refractivity contribution is -0.207. The molecule has 11 heavy (non-hydrogen) atoms. The van der Waals surface area contributed by atoms with Crippen LogP contribution in [-0.2, 0) is 9.53 Å². The molecule has 0 spiro atoms. The molecule has 0 radical (unpaired) electrons. The molecular formula is C6H11FN2O2. The number of hydrogen-bond acceptors (Lipinski definition) is 3. The highest BCUT2D eigenvalue weighted by molar-refractivity contribution is 5.83. The minimum absolute atomic E-state index is 0.520. The number of ether oxygens (including phenoxy) is 1. The number of rotatable bonds is 0. The molecule has 3 N–H and O–H groups in total. The van der Waals surface area contributed by atoms with Gasteiger partial charge < -0.3 is 15.8 Å². The molecule has 0 aromatic rings. The van der Waals surface area contributed by atoms with Gasteiger partial charge in [0.1, 0.15) is 12.3 Å². The zero-order chi connectivity index (χ0) is 8.65. The first-order chi connectivity index (χ1) is 4.93. The number of hydrogen-bond donors (Lipinski definition) is 2. The Morgan fingerprint density at radius 1 is 1.82 bits per heavy atom. The van der Waals surface area contributed by atoms with Crippen molar-refractivity contribution in [1.29, 1.82) is 0 Å². The highest BCUT2D eigenvalue weighted by Crippen LogP contribution is 2.21. The van der Waals surface area contributed by atoms with Crippen molar-refractivity contribution in [3.63, 3.8) is 0 Å². The number of carbonyl (C=O) groups is 1. The summed E-state index contributed by atoms with van der Waals surface area (Å²) in [6.45, 7) is 2.69. The predicted molar refractivity (Wildman–Crippen MR) is 36.2 cm³/mol. The average molecular weight is 162 g/mol. The number of nitrogens with one attached hydrogen (secondary N) is 1. The van der Waals surface area contributed by atoms with E-state index in [1.54, 1.807) is 6.92 Å². The van der Waals surface area contributed by atoms with E-state index in [0.717, 1.165) is 6.92 Å². The topological polar surface area (TPSA) is 64.4 Å². The molecule has 3 unspecified atom stereocenters. The van der Waals surface area contributed by atoms with Crippen molar-refractivity contribution in [2.45, 2.75) is 32.0 Å². The molecule has 0 bridgehead atoms. The van der Waals surface area contributed by atoms with E-state index in [9.17, 15) is 9.18 Å². The van der Waals surface area contributed by atoms with Gasteiger partial charge in [-0.3, -0.25) is 4.79 Å². The molecule has 0 aliphatic carbocycles. The van der Waals surface area contributed by atoms with E-state index >= 15 is 0 Å². The molecule has 64 valence electrons. The second-order valence-electron chi connectivity index (χ2n) is 2.73. The van der Waals surface area contributed by atoms with Crippen LogP contribution in [0.1, 0.15) is 13.8 Å². The van der Waals surface area contributed by atoms with Gasteiger partial charge in [0, 0.05) is 0 Å². The second-order valence-corrected chi connectivity index (χ2v) is 2.73. The molecule has 0 aromatic heterocycles. The molecule has 0 aromatic carbocycles. The minimum atomic E-state index is -2.05. The Bertz CT molecular complexity index is 183. The first-order valence-corrected chi connectivity index (χ1v) is 3.36. The first kappa shape index (κ1) is 8.42. The fraction of sp³-hybridized carbons (Fsp3) is 0.833. The Hall–Kier alpha value is -0.680. The molecule has 1 aliphatic rings. The molecule has 1 heterocycles. The fourth-order valence-corrected chi connectivity index (χ4v) is 0.973. The summed E-state index contributed by atoms with van der Waals surface area (Å²) in [6, 6.07) is -1.24. The Kier molecular flexibility index (Phi) is 1.85. The summed E-state index contributed by atoms with van der Waals surface area (Å²) >= 11 is 0. The van der Waals surface area contributed by atoms with Crippen LogP contribution in [0.4, 0.5) is 4.39 Å². The Morgan fingerprint density at radius 3 is 2.82 bits per heavy atom. The maximum absolute atomic E-state index is 13.2. The summed E-state index contributed by atoms with van der Waals surface area (Å²) in [4.78, 5) is 10.9. The summed E-state index contributed by atoms with van der Waals surface area (Å²) in [5.74, 6) is -2.57. The van der Waals surface area contributed by atoms with Crippen molar-refractivity contribution in [2.24, 2.45) is 5.73 Å². The Balaban J connectivity index is 2.75. The molecule has 0 saturated carbocycles. The lowest BCUT2D eigenvalue weighted by Crippen LogP contribution is -2.62. The van der Waals surface area contributed by atoms with Crippen molar-refractivity contribution >= 4 is 5.91 Å². The monoisotopic (exact) mass is 162 g/mol. The molecule has 1 fully saturated rings. The van der Waals surface area contributed by atoms with Crippen LogP contribution in [0.25, 0.3) is 0 Å². The van der Waals surface area contributed by atoms with Crippen LogP contribution < -0.4 is 11.1 Å². The third-order valence-corrected chi connectivity index (χ3v) is 1.59. The minimum Gasteiger partial charge on any atom is -0.329 e. The van der Waals surface area contributed by atoms with E-state index in [1.165, 1.54) is 0 Å². The van der Waals surface area contributed by atoms with Crippen LogP contribution in [0.3, 0.4) is 0 Å². The molecule has 1 aliphatic heterocycles. The highest BCUT2D eigenvalue weighted by Gasteiger charge is 2.43. The van der Waals surface area contributed by atoms with E-state index in [4.69, 9.17) is 10.5 Å². The van der Waals surface area contributed by atoms with Crippen molar-refractivity contribution in [3.8, 4) is 0 Å². The summed E-state index contributed by atoms with van der Waals surface area (Å²) in [6.07, 6.45) is -0.614. The third kappa shape index (κ3) is 1.49. The summed E-state index contributed by atoms with van der Waals surface area (Å²) in [7, 11) is 0. The van der Waals surface area contributed by atoms with Gasteiger partial charge >= 0.3 is 0 Å². The molecule has 1 rings (SSSR count). The summed E-state index contributed by atoms with van der Waals surface area (Å²) in [5.41, 5.74) is 5.21. The summed E-state index contributed by atoms with van der Waals surface area (Å²) < 4.78 is 17.9. The highest BCUT2D eigenvalue weighted by atomic mass is 19.2. The molecule has 5 heteroatoms. The second kappa shape index (κ2) is 2.42. The number of carbonyl (C=O) groups excluding carboxylic acids is 1. The van der Waals surface area contributed by atoms with Gasteiger partial charge in [-0.25, -0.2) is 4.39 Å². The lowest BCUT2D eigenvalue weighted by atomic mass is 10.1. The van der Waals surface area contributed by atoms with Crippen molar-refractivity contribution in [2.75, 3.05) is 0 Å². The molecule has 1 saturated heterocycles. The normalized spacial score (nSPS) is 45.3. The predicted octanol–water partition coefficient (Wildman–Crippen LogP) is -0.508. The van der Waals surface area contributed by atoms with E-state index in [1.807, 2.05) is 0 Å². The number of amides is 1. The maximum atomic E-state index is 13.2. The molecule has 4 nitrogen and oxygen atoms in total. The average Bonchev–Trinajstić information content (AvgIpc) is 1.81. The first-order valence-electron chi connectivity index (χ1n) is 3.36. The van der Waals surface area contributed by atoms with Gasteiger partial charge in [0.25, 0.3) is 0 Å². The van der Waals surface area contributed by atoms with Crippen LogP contribution in [0, 0.1) is 0 Å². The number of alkyl halides is 1. The van der Waals surface area contributed by atoms with Gasteiger partial charge in [0.2, 0.25) is 11.8 Å². The van der Waals surface area contributed by atoms with Crippen LogP contribution >= 0.6 is 0 Å². The lowest BCUT2D eigenvalue weighted by Gasteiger charge is -2.35. The van der Waals surface area contributed by atoms with Gasteiger partial charge in [-0.05, 0) is 13.8 Å². The van der Waals surface area contributed by atoms with E-state index < -0.39 is 24.0 Å². The molecular weight excluding hydrogens is 151 g/mol. The third-order valence-electron chi connectivity index (χ3n) is 1.59. The van der Waals surface area contributed by atoms with Crippen LogP contribution in [0.2, 0.25) is 0 Å². The molecule has 1 amide bonds. The van der Waals surface area contributed by atoms with E-state index in [0.29, 0.717) is 0 Å². The van der Waals surface area contributed by atoms with Crippen molar-refractivity contribution in [3.05, 3.63) is 0 Å².